The lowest BCUT2D eigenvalue weighted by Gasteiger charge is -2.07. The number of hydrogen-bond donors (Lipinski definition) is 1. The van der Waals surface area contributed by atoms with Crippen molar-refractivity contribution in [2.75, 3.05) is 0 Å². The summed E-state index contributed by atoms with van der Waals surface area (Å²) >= 11 is 0. The third-order valence-electron chi connectivity index (χ3n) is 2.76. The quantitative estimate of drug-likeness (QED) is 0.841. The minimum atomic E-state index is -0.414. The maximum Gasteiger partial charge on any atom is 0.160 e. The predicted molar refractivity (Wildman–Crippen MR) is 68.6 cm³/mol. The summed E-state index contributed by atoms with van der Waals surface area (Å²) in [7, 11) is 0. The first-order chi connectivity index (χ1) is 8.61. The summed E-state index contributed by atoms with van der Waals surface area (Å²) in [5.74, 6) is -0.580. The molecule has 0 aromatic heterocycles. The van der Waals surface area contributed by atoms with Gasteiger partial charge in [-0.1, -0.05) is 18.2 Å². The molecular weight excluding hydrogens is 229 g/mol. The fraction of sp³-hybridized carbons (Fsp3) is 0.133. The molecule has 0 aliphatic heterocycles. The molecule has 2 aromatic carbocycles. The molecule has 2 N–H and O–H groups in total. The van der Waals surface area contributed by atoms with Crippen LogP contribution >= 0.6 is 0 Å². The second kappa shape index (κ2) is 5.10. The Morgan fingerprint density at radius 1 is 1.33 bits per heavy atom. The minimum absolute atomic E-state index is 0.166. The average molecular weight is 242 g/mol. The van der Waals surface area contributed by atoms with E-state index in [4.69, 9.17) is 5.73 Å². The SMILES string of the molecule is CC(=O)c1cc(F)ccc1-c1[c]cc(CN)cc1. The van der Waals surface area contributed by atoms with Gasteiger partial charge in [0.1, 0.15) is 5.82 Å². The molecule has 0 unspecified atom stereocenters. The Bertz CT molecular complexity index is 576. The molecule has 0 fully saturated rings. The monoisotopic (exact) mass is 242 g/mol. The summed E-state index contributed by atoms with van der Waals surface area (Å²) in [4.78, 5) is 11.5. The van der Waals surface area contributed by atoms with Gasteiger partial charge in [0.2, 0.25) is 0 Å². The molecule has 2 nitrogen and oxygen atoms in total. The average Bonchev–Trinajstić information content (AvgIpc) is 2.39. The Morgan fingerprint density at radius 2 is 2.11 bits per heavy atom. The first-order valence-electron chi connectivity index (χ1n) is 5.63. The topological polar surface area (TPSA) is 43.1 Å². The van der Waals surface area contributed by atoms with Gasteiger partial charge < -0.3 is 5.73 Å². The largest absolute Gasteiger partial charge is 0.326 e. The highest BCUT2D eigenvalue weighted by atomic mass is 19.1. The number of nitrogens with two attached hydrogens (primary N) is 1. The van der Waals surface area contributed by atoms with E-state index in [1.165, 1.54) is 19.1 Å². The number of Topliss-reactive ketones (excluding diaryl/α,β-unsaturated/α-hetero) is 1. The summed E-state index contributed by atoms with van der Waals surface area (Å²) in [6.07, 6.45) is 0. The van der Waals surface area contributed by atoms with E-state index >= 15 is 0 Å². The van der Waals surface area contributed by atoms with Gasteiger partial charge in [-0.05, 0) is 47.9 Å². The fourth-order valence-corrected chi connectivity index (χ4v) is 1.79. The van der Waals surface area contributed by atoms with E-state index in [2.05, 4.69) is 6.07 Å². The molecule has 0 atom stereocenters. The summed E-state index contributed by atoms with van der Waals surface area (Å²) in [6, 6.07) is 12.7. The third-order valence-corrected chi connectivity index (χ3v) is 2.76. The lowest BCUT2D eigenvalue weighted by molar-refractivity contribution is 0.101. The van der Waals surface area contributed by atoms with E-state index < -0.39 is 5.82 Å². The molecule has 2 aromatic rings. The maximum absolute atomic E-state index is 13.2. The van der Waals surface area contributed by atoms with Crippen LogP contribution in [0.15, 0.2) is 36.4 Å². The molecule has 0 bridgehead atoms. The molecule has 18 heavy (non-hydrogen) atoms. The van der Waals surface area contributed by atoms with Gasteiger partial charge in [0.05, 0.1) is 0 Å². The molecule has 0 saturated carbocycles. The highest BCUT2D eigenvalue weighted by molar-refractivity contribution is 6.00. The van der Waals surface area contributed by atoms with Crippen molar-refractivity contribution in [2.45, 2.75) is 13.5 Å². The number of rotatable bonds is 3. The molecule has 0 aliphatic rings. The smallest absolute Gasteiger partial charge is 0.160 e. The van der Waals surface area contributed by atoms with Gasteiger partial charge in [0, 0.05) is 12.1 Å². The number of carbonyl (C=O) groups excluding carboxylic acids is 1. The number of benzene rings is 2. The second-order valence-electron chi connectivity index (χ2n) is 4.06. The van der Waals surface area contributed by atoms with Gasteiger partial charge in [-0.25, -0.2) is 4.39 Å². The lowest BCUT2D eigenvalue weighted by Crippen LogP contribution is -1.99. The van der Waals surface area contributed by atoms with E-state index in [1.807, 2.05) is 12.1 Å². The van der Waals surface area contributed by atoms with E-state index in [0.717, 1.165) is 11.1 Å². The second-order valence-corrected chi connectivity index (χ2v) is 4.06. The number of hydrogen-bond acceptors (Lipinski definition) is 2. The zero-order valence-electron chi connectivity index (χ0n) is 10.0. The van der Waals surface area contributed by atoms with E-state index in [1.54, 1.807) is 12.1 Å². The maximum atomic E-state index is 13.2. The fourth-order valence-electron chi connectivity index (χ4n) is 1.79. The Morgan fingerprint density at radius 3 is 2.67 bits per heavy atom. The summed E-state index contributed by atoms with van der Waals surface area (Å²) < 4.78 is 13.2. The number of halogens is 1. The molecule has 91 valence electrons. The van der Waals surface area contributed by atoms with Crippen molar-refractivity contribution < 1.29 is 9.18 Å². The Kier molecular flexibility index (Phi) is 3.53. The minimum Gasteiger partial charge on any atom is -0.326 e. The standard InChI is InChI=1S/C15H13FNO/c1-10(18)15-8-13(16)6-7-14(15)12-4-2-11(9-17)3-5-12/h2-4,6-8H,9,17H2,1H3. The van der Waals surface area contributed by atoms with Crippen molar-refractivity contribution in [3.63, 3.8) is 0 Å². The van der Waals surface area contributed by atoms with Crippen LogP contribution in [0.3, 0.4) is 0 Å². The molecular formula is C15H13FNO. The Labute approximate surface area is 105 Å². The van der Waals surface area contributed by atoms with Crippen molar-refractivity contribution in [1.29, 1.82) is 0 Å². The molecule has 0 heterocycles. The number of carbonyl (C=O) groups is 1. The first-order valence-corrected chi connectivity index (χ1v) is 5.63. The molecule has 0 aliphatic carbocycles. The van der Waals surface area contributed by atoms with Gasteiger partial charge in [0.25, 0.3) is 0 Å². The summed E-state index contributed by atoms with van der Waals surface area (Å²) in [5.41, 5.74) is 8.29. The highest BCUT2D eigenvalue weighted by Gasteiger charge is 2.10. The van der Waals surface area contributed by atoms with Crippen LogP contribution in [0.1, 0.15) is 22.8 Å². The van der Waals surface area contributed by atoms with Gasteiger partial charge in [0.15, 0.2) is 5.78 Å². The zero-order chi connectivity index (χ0) is 13.1. The Hall–Kier alpha value is -2.00. The van der Waals surface area contributed by atoms with Crippen molar-refractivity contribution in [2.24, 2.45) is 5.73 Å². The van der Waals surface area contributed by atoms with Crippen LogP contribution in [0.2, 0.25) is 0 Å². The van der Waals surface area contributed by atoms with Crippen LogP contribution in [-0.4, -0.2) is 5.78 Å². The molecule has 0 saturated heterocycles. The number of ketones is 1. The van der Waals surface area contributed by atoms with E-state index in [0.29, 0.717) is 17.7 Å². The van der Waals surface area contributed by atoms with Crippen LogP contribution in [0.25, 0.3) is 11.1 Å². The van der Waals surface area contributed by atoms with Gasteiger partial charge in [-0.3, -0.25) is 4.79 Å². The summed E-state index contributed by atoms with van der Waals surface area (Å²) in [5, 5.41) is 0. The van der Waals surface area contributed by atoms with Crippen molar-refractivity contribution in [3.8, 4) is 11.1 Å². The van der Waals surface area contributed by atoms with Crippen molar-refractivity contribution in [1.82, 2.24) is 0 Å². The normalized spacial score (nSPS) is 10.4. The van der Waals surface area contributed by atoms with Gasteiger partial charge in [-0.2, -0.15) is 0 Å². The first kappa shape index (κ1) is 12.5. The molecule has 2 rings (SSSR count). The predicted octanol–water partition coefficient (Wildman–Crippen LogP) is 2.95. The third kappa shape index (κ3) is 2.46. The zero-order valence-corrected chi connectivity index (χ0v) is 10.0. The van der Waals surface area contributed by atoms with Crippen LogP contribution in [0.5, 0.6) is 0 Å². The van der Waals surface area contributed by atoms with Crippen LogP contribution in [0, 0.1) is 11.9 Å². The van der Waals surface area contributed by atoms with E-state index in [-0.39, 0.29) is 5.78 Å². The molecule has 1 radical (unpaired) electrons. The molecule has 3 heteroatoms. The van der Waals surface area contributed by atoms with Crippen LogP contribution in [0.4, 0.5) is 4.39 Å². The Balaban J connectivity index is 2.52. The highest BCUT2D eigenvalue weighted by Crippen LogP contribution is 2.25. The van der Waals surface area contributed by atoms with Crippen LogP contribution < -0.4 is 5.73 Å². The lowest BCUT2D eigenvalue weighted by atomic mass is 9.96. The van der Waals surface area contributed by atoms with Crippen molar-refractivity contribution >= 4 is 5.78 Å². The van der Waals surface area contributed by atoms with Crippen LogP contribution in [-0.2, 0) is 6.54 Å². The van der Waals surface area contributed by atoms with E-state index in [9.17, 15) is 9.18 Å². The van der Waals surface area contributed by atoms with Gasteiger partial charge >= 0.3 is 0 Å². The summed E-state index contributed by atoms with van der Waals surface area (Å²) in [6.45, 7) is 1.87. The molecule has 0 spiro atoms. The molecule has 0 amide bonds. The van der Waals surface area contributed by atoms with Crippen molar-refractivity contribution in [3.05, 3.63) is 59.4 Å². The van der Waals surface area contributed by atoms with Gasteiger partial charge in [-0.15, -0.1) is 0 Å².